The van der Waals surface area contributed by atoms with Crippen LogP contribution in [0.5, 0.6) is 5.75 Å². The van der Waals surface area contributed by atoms with Crippen LogP contribution < -0.4 is 10.1 Å². The summed E-state index contributed by atoms with van der Waals surface area (Å²) in [6, 6.07) is 4.95. The van der Waals surface area contributed by atoms with Crippen LogP contribution in [0.15, 0.2) is 30.4 Å². The second-order valence-corrected chi connectivity index (χ2v) is 6.18. The van der Waals surface area contributed by atoms with Crippen molar-refractivity contribution in [2.45, 2.75) is 12.8 Å². The summed E-state index contributed by atoms with van der Waals surface area (Å²) >= 11 is 0. The Balaban J connectivity index is 1.62. The molecule has 2 aliphatic rings. The van der Waals surface area contributed by atoms with Crippen molar-refractivity contribution in [2.24, 2.45) is 5.92 Å². The molecule has 1 aromatic rings. The fourth-order valence-electron chi connectivity index (χ4n) is 3.08. The minimum Gasteiger partial charge on any atom is -0.482 e. The van der Waals surface area contributed by atoms with Crippen LogP contribution in [-0.2, 0) is 14.4 Å². The van der Waals surface area contributed by atoms with Crippen LogP contribution in [0, 0.1) is 5.92 Å². The lowest BCUT2D eigenvalue weighted by Gasteiger charge is -2.30. The number of benzene rings is 1. The molecule has 2 amide bonds. The monoisotopic (exact) mass is 358 g/mol. The van der Waals surface area contributed by atoms with Crippen molar-refractivity contribution in [2.75, 3.05) is 25.0 Å². The second-order valence-electron chi connectivity index (χ2n) is 6.18. The van der Waals surface area contributed by atoms with Gasteiger partial charge in [0, 0.05) is 36.7 Å². The summed E-state index contributed by atoms with van der Waals surface area (Å²) in [6.45, 7) is 0.747. The van der Waals surface area contributed by atoms with Gasteiger partial charge in [-0.1, -0.05) is 0 Å². The number of nitrogens with one attached hydrogen (secondary N) is 1. The highest BCUT2D eigenvalue weighted by Gasteiger charge is 2.28. The first-order chi connectivity index (χ1) is 12.4. The third-order valence-electron chi connectivity index (χ3n) is 4.44. The Morgan fingerprint density at radius 2 is 1.92 bits per heavy atom. The minimum absolute atomic E-state index is 0.0386. The van der Waals surface area contributed by atoms with Crippen molar-refractivity contribution in [3.63, 3.8) is 0 Å². The Kier molecular flexibility index (Phi) is 5.01. The van der Waals surface area contributed by atoms with Gasteiger partial charge in [-0.3, -0.25) is 14.4 Å². The molecule has 1 fully saturated rings. The highest BCUT2D eigenvalue weighted by molar-refractivity contribution is 6.02. The van der Waals surface area contributed by atoms with E-state index in [1.54, 1.807) is 18.2 Å². The molecule has 0 atom stereocenters. The highest BCUT2D eigenvalue weighted by atomic mass is 16.5. The fraction of sp³-hybridized carbons (Fsp3) is 0.333. The summed E-state index contributed by atoms with van der Waals surface area (Å²) < 4.78 is 5.28. The normalized spacial score (nSPS) is 17.4. The number of Topliss-reactive ketones (excluding diaryl/α,β-unsaturated/α-hetero) is 1. The van der Waals surface area contributed by atoms with Gasteiger partial charge in [0.25, 0.3) is 5.91 Å². The number of anilines is 1. The Labute approximate surface area is 149 Å². The maximum atomic E-state index is 12.7. The molecule has 2 heterocycles. The zero-order valence-electron chi connectivity index (χ0n) is 13.9. The number of fused-ring (bicyclic) bond motifs is 1. The SMILES string of the molecule is O=C(O)/C=C/C(=O)N1CCC(C(=O)c2ccc3c(c2)NC(=O)CO3)CC1. The fourth-order valence-corrected chi connectivity index (χ4v) is 3.08. The number of aliphatic carboxylic acids is 1. The van der Waals surface area contributed by atoms with E-state index < -0.39 is 5.97 Å². The number of ether oxygens (including phenoxy) is 1. The Morgan fingerprint density at radius 3 is 2.62 bits per heavy atom. The van der Waals surface area contributed by atoms with E-state index in [9.17, 15) is 19.2 Å². The van der Waals surface area contributed by atoms with Crippen molar-refractivity contribution in [1.82, 2.24) is 4.90 Å². The van der Waals surface area contributed by atoms with Gasteiger partial charge in [-0.25, -0.2) is 4.79 Å². The van der Waals surface area contributed by atoms with Crippen molar-refractivity contribution >= 4 is 29.3 Å². The van der Waals surface area contributed by atoms with Crippen LogP contribution in [0.4, 0.5) is 5.69 Å². The van der Waals surface area contributed by atoms with E-state index in [4.69, 9.17) is 9.84 Å². The quantitative estimate of drug-likeness (QED) is 0.615. The lowest BCUT2D eigenvalue weighted by atomic mass is 9.88. The first kappa shape index (κ1) is 17.7. The lowest BCUT2D eigenvalue weighted by Crippen LogP contribution is -2.39. The molecule has 136 valence electrons. The van der Waals surface area contributed by atoms with E-state index in [1.807, 2.05) is 0 Å². The number of carbonyl (C=O) groups excluding carboxylic acids is 3. The molecule has 0 spiro atoms. The molecule has 1 aromatic carbocycles. The number of rotatable bonds is 4. The van der Waals surface area contributed by atoms with Gasteiger partial charge >= 0.3 is 5.97 Å². The summed E-state index contributed by atoms with van der Waals surface area (Å²) in [5.74, 6) is -1.53. The number of ketones is 1. The van der Waals surface area contributed by atoms with Crippen LogP contribution in [-0.4, -0.2) is 53.3 Å². The zero-order valence-corrected chi connectivity index (χ0v) is 13.9. The average Bonchev–Trinajstić information content (AvgIpc) is 2.65. The van der Waals surface area contributed by atoms with Gasteiger partial charge in [0.15, 0.2) is 12.4 Å². The predicted molar refractivity (Wildman–Crippen MR) is 91.0 cm³/mol. The van der Waals surface area contributed by atoms with E-state index in [0.29, 0.717) is 42.9 Å². The second kappa shape index (κ2) is 7.38. The molecule has 0 bridgehead atoms. The van der Waals surface area contributed by atoms with Crippen molar-refractivity contribution in [3.05, 3.63) is 35.9 Å². The highest BCUT2D eigenvalue weighted by Crippen LogP contribution is 2.30. The summed E-state index contributed by atoms with van der Waals surface area (Å²) in [5, 5.41) is 11.2. The number of piperidine rings is 1. The number of nitrogens with zero attached hydrogens (tertiary/aromatic N) is 1. The molecule has 0 aliphatic carbocycles. The molecule has 0 radical (unpaired) electrons. The Hall–Kier alpha value is -3.16. The summed E-state index contributed by atoms with van der Waals surface area (Å²) in [6.07, 6.45) is 2.84. The van der Waals surface area contributed by atoms with Gasteiger partial charge in [-0.15, -0.1) is 0 Å². The van der Waals surface area contributed by atoms with E-state index in [1.165, 1.54) is 4.90 Å². The van der Waals surface area contributed by atoms with Gasteiger partial charge in [-0.05, 0) is 31.0 Å². The number of carbonyl (C=O) groups is 4. The molecule has 3 rings (SSSR count). The molecule has 8 nitrogen and oxygen atoms in total. The van der Waals surface area contributed by atoms with Gasteiger partial charge in [0.1, 0.15) is 5.75 Å². The largest absolute Gasteiger partial charge is 0.482 e. The first-order valence-corrected chi connectivity index (χ1v) is 8.25. The standard InChI is InChI=1S/C18H18N2O6/c21-15-10-26-14-2-1-12(9-13(14)19-15)18(25)11-5-7-20(8-6-11)16(22)3-4-17(23)24/h1-4,9,11H,5-8,10H2,(H,19,21)(H,23,24)/b4-3+. The number of hydrogen-bond donors (Lipinski definition) is 2. The lowest BCUT2D eigenvalue weighted by molar-refractivity contribution is -0.132. The van der Waals surface area contributed by atoms with E-state index in [0.717, 1.165) is 12.2 Å². The van der Waals surface area contributed by atoms with Gasteiger partial charge in [-0.2, -0.15) is 0 Å². The molecule has 0 saturated carbocycles. The zero-order chi connectivity index (χ0) is 18.7. The Morgan fingerprint density at radius 1 is 1.19 bits per heavy atom. The molecular weight excluding hydrogens is 340 g/mol. The van der Waals surface area contributed by atoms with Crippen molar-refractivity contribution in [1.29, 1.82) is 0 Å². The molecule has 2 N–H and O–H groups in total. The molecule has 8 heteroatoms. The Bertz CT molecular complexity index is 793. The third kappa shape index (κ3) is 3.90. The smallest absolute Gasteiger partial charge is 0.328 e. The van der Waals surface area contributed by atoms with Crippen LogP contribution in [0.3, 0.4) is 0 Å². The number of amides is 2. The number of likely N-dealkylation sites (tertiary alicyclic amines) is 1. The number of hydrogen-bond acceptors (Lipinski definition) is 5. The summed E-state index contributed by atoms with van der Waals surface area (Å²) in [4.78, 5) is 48.0. The molecule has 0 unspecified atom stereocenters. The van der Waals surface area contributed by atoms with Gasteiger partial charge < -0.3 is 20.1 Å². The molecular formula is C18H18N2O6. The predicted octanol–water partition coefficient (Wildman–Crippen LogP) is 1.08. The maximum Gasteiger partial charge on any atom is 0.328 e. The molecule has 0 aromatic heterocycles. The molecule has 2 aliphatic heterocycles. The first-order valence-electron chi connectivity index (χ1n) is 8.25. The summed E-state index contributed by atoms with van der Waals surface area (Å²) in [5.41, 5.74) is 0.976. The minimum atomic E-state index is -1.17. The van der Waals surface area contributed by atoms with Gasteiger partial charge in [0.2, 0.25) is 5.91 Å². The van der Waals surface area contributed by atoms with E-state index in [2.05, 4.69) is 5.32 Å². The number of carboxylic acids is 1. The number of carboxylic acid groups (broad SMARTS) is 1. The van der Waals surface area contributed by atoms with Gasteiger partial charge in [0.05, 0.1) is 5.69 Å². The van der Waals surface area contributed by atoms with Crippen LogP contribution in [0.2, 0.25) is 0 Å². The van der Waals surface area contributed by atoms with E-state index >= 15 is 0 Å². The van der Waals surface area contributed by atoms with Crippen LogP contribution in [0.1, 0.15) is 23.2 Å². The third-order valence-corrected chi connectivity index (χ3v) is 4.44. The topological polar surface area (TPSA) is 113 Å². The van der Waals surface area contributed by atoms with Crippen molar-refractivity contribution in [3.8, 4) is 5.75 Å². The van der Waals surface area contributed by atoms with Crippen molar-refractivity contribution < 1.29 is 29.0 Å². The van der Waals surface area contributed by atoms with E-state index in [-0.39, 0.29) is 30.1 Å². The average molecular weight is 358 g/mol. The molecule has 26 heavy (non-hydrogen) atoms. The summed E-state index contributed by atoms with van der Waals surface area (Å²) in [7, 11) is 0. The van der Waals surface area contributed by atoms with Crippen LogP contribution >= 0.6 is 0 Å². The maximum absolute atomic E-state index is 12.7. The molecule has 1 saturated heterocycles. The van der Waals surface area contributed by atoms with Crippen LogP contribution in [0.25, 0.3) is 0 Å².